The van der Waals surface area contributed by atoms with Gasteiger partial charge in [0.15, 0.2) is 0 Å². The van der Waals surface area contributed by atoms with Gasteiger partial charge in [-0.1, -0.05) is 30.3 Å². The van der Waals surface area contributed by atoms with Gasteiger partial charge >= 0.3 is 6.18 Å². The van der Waals surface area contributed by atoms with Crippen LogP contribution in [0.1, 0.15) is 24.0 Å². The van der Waals surface area contributed by atoms with Crippen LogP contribution in [0.15, 0.2) is 54.7 Å². The van der Waals surface area contributed by atoms with Crippen LogP contribution in [0.2, 0.25) is 0 Å². The molecule has 4 rings (SSSR count). The predicted molar refractivity (Wildman–Crippen MR) is 106 cm³/mol. The van der Waals surface area contributed by atoms with Crippen molar-refractivity contribution in [3.8, 4) is 0 Å². The molecule has 7 heteroatoms. The van der Waals surface area contributed by atoms with Crippen LogP contribution < -0.4 is 4.90 Å². The van der Waals surface area contributed by atoms with Crippen molar-refractivity contribution in [3.05, 3.63) is 65.9 Å². The standard InChI is InChI=1S/C22H22F3N3O/c23-22(24,25)17-5-3-4-16(12-17)13-21(15-29)8-10-28(11-9-21)20-14-26-18-6-1-2-7-19(18)27-20/h1-7,12,14,29H,8-11,13,15H2. The zero-order chi connectivity index (χ0) is 20.5. The number of aliphatic hydroxyl groups is 1. The van der Waals surface area contributed by atoms with Crippen molar-refractivity contribution in [3.63, 3.8) is 0 Å². The molecular weight excluding hydrogens is 379 g/mol. The Morgan fingerprint density at radius 3 is 2.41 bits per heavy atom. The molecule has 152 valence electrons. The first kappa shape index (κ1) is 19.6. The molecule has 1 N–H and O–H groups in total. The van der Waals surface area contributed by atoms with Crippen LogP contribution in [0, 0.1) is 5.41 Å². The largest absolute Gasteiger partial charge is 0.416 e. The van der Waals surface area contributed by atoms with Crippen molar-refractivity contribution in [2.45, 2.75) is 25.4 Å². The van der Waals surface area contributed by atoms with E-state index in [2.05, 4.69) is 14.9 Å². The van der Waals surface area contributed by atoms with Gasteiger partial charge in [0.2, 0.25) is 0 Å². The van der Waals surface area contributed by atoms with E-state index in [-0.39, 0.29) is 6.61 Å². The molecule has 3 aromatic rings. The number of piperidine rings is 1. The number of aromatic nitrogens is 2. The van der Waals surface area contributed by atoms with E-state index in [0.29, 0.717) is 37.9 Å². The molecular formula is C22H22F3N3O. The number of benzene rings is 2. The van der Waals surface area contributed by atoms with Crippen molar-refractivity contribution in [1.29, 1.82) is 0 Å². The van der Waals surface area contributed by atoms with Crippen LogP contribution in [-0.2, 0) is 12.6 Å². The molecule has 0 spiro atoms. The predicted octanol–water partition coefficient (Wildman–Crippen LogP) is 4.47. The summed E-state index contributed by atoms with van der Waals surface area (Å²) in [6.45, 7) is 1.29. The molecule has 0 amide bonds. The summed E-state index contributed by atoms with van der Waals surface area (Å²) in [7, 11) is 0. The Morgan fingerprint density at radius 1 is 1.00 bits per heavy atom. The van der Waals surface area contributed by atoms with Gasteiger partial charge in [0.05, 0.1) is 22.8 Å². The van der Waals surface area contributed by atoms with E-state index in [1.54, 1.807) is 12.3 Å². The van der Waals surface area contributed by atoms with Crippen LogP contribution in [-0.4, -0.2) is 34.8 Å². The molecule has 29 heavy (non-hydrogen) atoms. The van der Waals surface area contributed by atoms with Gasteiger partial charge in [-0.3, -0.25) is 4.98 Å². The lowest BCUT2D eigenvalue weighted by Crippen LogP contribution is -2.43. The summed E-state index contributed by atoms with van der Waals surface area (Å²) in [5.41, 5.74) is 1.20. The highest BCUT2D eigenvalue weighted by atomic mass is 19.4. The molecule has 0 radical (unpaired) electrons. The fraction of sp³-hybridized carbons (Fsp3) is 0.364. The molecule has 2 heterocycles. The van der Waals surface area contributed by atoms with E-state index < -0.39 is 17.2 Å². The quantitative estimate of drug-likeness (QED) is 0.701. The maximum absolute atomic E-state index is 13.0. The van der Waals surface area contributed by atoms with Gasteiger partial charge in [0.1, 0.15) is 5.82 Å². The number of rotatable bonds is 4. The molecule has 1 saturated heterocycles. The van der Waals surface area contributed by atoms with Gasteiger partial charge in [-0.05, 0) is 43.0 Å². The van der Waals surface area contributed by atoms with Crippen molar-refractivity contribution in [1.82, 2.24) is 9.97 Å². The normalized spacial score (nSPS) is 16.9. The van der Waals surface area contributed by atoms with Gasteiger partial charge in [-0.2, -0.15) is 13.2 Å². The average Bonchev–Trinajstić information content (AvgIpc) is 2.73. The summed E-state index contributed by atoms with van der Waals surface area (Å²) in [5, 5.41) is 10.1. The van der Waals surface area contributed by atoms with E-state index in [4.69, 9.17) is 0 Å². The highest BCUT2D eigenvalue weighted by Crippen LogP contribution is 2.37. The number of fused-ring (bicyclic) bond motifs is 1. The third kappa shape index (κ3) is 4.19. The number of hydrogen-bond donors (Lipinski definition) is 1. The first-order valence-electron chi connectivity index (χ1n) is 9.62. The second-order valence-corrected chi connectivity index (χ2v) is 7.74. The molecule has 1 aromatic heterocycles. The Labute approximate surface area is 167 Å². The minimum atomic E-state index is -4.36. The second-order valence-electron chi connectivity index (χ2n) is 7.74. The molecule has 1 aliphatic heterocycles. The monoisotopic (exact) mass is 401 g/mol. The lowest BCUT2D eigenvalue weighted by atomic mass is 9.74. The van der Waals surface area contributed by atoms with E-state index in [1.165, 1.54) is 12.1 Å². The molecule has 0 bridgehead atoms. The van der Waals surface area contributed by atoms with Crippen LogP contribution >= 0.6 is 0 Å². The van der Waals surface area contributed by atoms with Crippen LogP contribution in [0.4, 0.5) is 19.0 Å². The van der Waals surface area contributed by atoms with Crippen molar-refractivity contribution in [2.75, 3.05) is 24.6 Å². The van der Waals surface area contributed by atoms with E-state index in [0.717, 1.165) is 22.9 Å². The highest BCUT2D eigenvalue weighted by Gasteiger charge is 2.36. The van der Waals surface area contributed by atoms with Crippen LogP contribution in [0.3, 0.4) is 0 Å². The minimum absolute atomic E-state index is 0.0551. The van der Waals surface area contributed by atoms with Gasteiger partial charge in [-0.25, -0.2) is 4.98 Å². The molecule has 4 nitrogen and oxygen atoms in total. The molecule has 0 unspecified atom stereocenters. The lowest BCUT2D eigenvalue weighted by molar-refractivity contribution is -0.137. The summed E-state index contributed by atoms with van der Waals surface area (Å²) in [4.78, 5) is 11.2. The third-order valence-electron chi connectivity index (χ3n) is 5.75. The molecule has 0 atom stereocenters. The summed E-state index contributed by atoms with van der Waals surface area (Å²) in [5.74, 6) is 0.786. The van der Waals surface area contributed by atoms with Crippen molar-refractivity contribution in [2.24, 2.45) is 5.41 Å². The number of halogens is 3. The number of anilines is 1. The third-order valence-corrected chi connectivity index (χ3v) is 5.75. The van der Waals surface area contributed by atoms with Gasteiger partial charge in [0.25, 0.3) is 0 Å². The topological polar surface area (TPSA) is 49.2 Å². The van der Waals surface area contributed by atoms with Crippen LogP contribution in [0.25, 0.3) is 11.0 Å². The highest BCUT2D eigenvalue weighted by molar-refractivity contribution is 5.75. The van der Waals surface area contributed by atoms with E-state index >= 15 is 0 Å². The SMILES string of the molecule is OCC1(Cc2cccc(C(F)(F)F)c2)CCN(c2cnc3ccccc3n2)CC1. The Morgan fingerprint density at radius 2 is 1.72 bits per heavy atom. The number of hydrogen-bond acceptors (Lipinski definition) is 4. The Hall–Kier alpha value is -2.67. The zero-order valence-electron chi connectivity index (χ0n) is 15.9. The maximum atomic E-state index is 13.0. The van der Waals surface area contributed by atoms with Gasteiger partial charge in [-0.15, -0.1) is 0 Å². The molecule has 0 aliphatic carbocycles. The maximum Gasteiger partial charge on any atom is 0.416 e. The smallest absolute Gasteiger partial charge is 0.396 e. The second kappa shape index (κ2) is 7.63. The first-order chi connectivity index (χ1) is 13.9. The minimum Gasteiger partial charge on any atom is -0.396 e. The molecule has 2 aromatic carbocycles. The summed E-state index contributed by atoms with van der Waals surface area (Å²) >= 11 is 0. The Kier molecular flexibility index (Phi) is 5.17. The van der Waals surface area contributed by atoms with Crippen molar-refractivity contribution >= 4 is 16.9 Å². The molecule has 1 fully saturated rings. The number of nitrogens with zero attached hydrogens (tertiary/aromatic N) is 3. The summed E-state index contributed by atoms with van der Waals surface area (Å²) in [6.07, 6.45) is -0.839. The first-order valence-corrected chi connectivity index (χ1v) is 9.62. The number of aliphatic hydroxyl groups excluding tert-OH is 1. The lowest BCUT2D eigenvalue weighted by Gasteiger charge is -2.41. The summed E-state index contributed by atoms with van der Waals surface area (Å²) in [6, 6.07) is 13.1. The van der Waals surface area contributed by atoms with Gasteiger partial charge in [0, 0.05) is 25.1 Å². The van der Waals surface area contributed by atoms with E-state index in [1.807, 2.05) is 24.3 Å². The van der Waals surface area contributed by atoms with Crippen LogP contribution in [0.5, 0.6) is 0 Å². The van der Waals surface area contributed by atoms with Crippen molar-refractivity contribution < 1.29 is 18.3 Å². The Balaban J connectivity index is 1.48. The number of alkyl halides is 3. The van der Waals surface area contributed by atoms with Gasteiger partial charge < -0.3 is 10.0 Å². The average molecular weight is 401 g/mol. The fourth-order valence-corrected chi connectivity index (χ4v) is 3.99. The summed E-state index contributed by atoms with van der Waals surface area (Å²) < 4.78 is 39.0. The molecule has 1 aliphatic rings. The molecule has 0 saturated carbocycles. The van der Waals surface area contributed by atoms with E-state index in [9.17, 15) is 18.3 Å². The number of para-hydroxylation sites is 2. The zero-order valence-corrected chi connectivity index (χ0v) is 15.9. The fourth-order valence-electron chi connectivity index (χ4n) is 3.99. The Bertz CT molecular complexity index is 998.